The van der Waals surface area contributed by atoms with E-state index in [0.29, 0.717) is 5.56 Å². The molecule has 4 rings (SSSR count). The molecule has 0 fully saturated rings. The van der Waals surface area contributed by atoms with Crippen LogP contribution < -0.4 is 5.90 Å². The normalized spacial score (nSPS) is 12.8. The third-order valence-corrected chi connectivity index (χ3v) is 5.49. The van der Waals surface area contributed by atoms with E-state index in [9.17, 15) is 19.2 Å². The van der Waals surface area contributed by atoms with E-state index < -0.39 is 29.8 Å². The highest BCUT2D eigenvalue weighted by atomic mass is 16.5. The van der Waals surface area contributed by atoms with Crippen molar-refractivity contribution in [3.8, 4) is 11.8 Å². The topological polar surface area (TPSA) is 163 Å². The summed E-state index contributed by atoms with van der Waals surface area (Å²) in [6, 6.07) is 10.8. The van der Waals surface area contributed by atoms with Crippen LogP contribution in [0.15, 0.2) is 48.7 Å². The first-order valence-corrected chi connectivity index (χ1v) is 10.5. The van der Waals surface area contributed by atoms with Crippen molar-refractivity contribution in [2.75, 3.05) is 7.11 Å². The van der Waals surface area contributed by atoms with Crippen molar-refractivity contribution >= 4 is 34.7 Å². The van der Waals surface area contributed by atoms with E-state index in [1.54, 1.807) is 36.5 Å². The van der Waals surface area contributed by atoms with E-state index in [1.165, 1.54) is 7.11 Å². The van der Waals surface area contributed by atoms with Gasteiger partial charge in [-0.05, 0) is 29.8 Å². The maximum absolute atomic E-state index is 12.9. The third kappa shape index (κ3) is 5.22. The fourth-order valence-electron chi connectivity index (χ4n) is 3.88. The molecule has 1 aromatic heterocycles. The number of imide groups is 1. The highest BCUT2D eigenvalue weighted by molar-refractivity contribution is 6.22. The predicted octanol–water partition coefficient (Wildman–Crippen LogP) is 2.10. The van der Waals surface area contributed by atoms with E-state index in [2.05, 4.69) is 22.7 Å². The number of hydrogen-bond donors (Lipinski definition) is 4. The lowest BCUT2D eigenvalue weighted by atomic mass is 10.0. The quantitative estimate of drug-likeness (QED) is 0.181. The van der Waals surface area contributed by atoms with E-state index in [1.807, 2.05) is 12.1 Å². The summed E-state index contributed by atoms with van der Waals surface area (Å²) in [6.07, 6.45) is 2.04. The molecule has 2 aromatic carbocycles. The Hall–Kier alpha value is -4.46. The average Bonchev–Trinajstić information content (AvgIpc) is 3.39. The number of aromatic amines is 1. The molecular formula is C25H23N3O7. The number of carbonyl (C=O) groups excluding carboxylic acids is 3. The zero-order valence-corrected chi connectivity index (χ0v) is 18.8. The molecule has 0 unspecified atom stereocenters. The van der Waals surface area contributed by atoms with Crippen LogP contribution in [0.1, 0.15) is 44.7 Å². The molecule has 3 aromatic rings. The molecule has 1 aliphatic rings. The maximum Gasteiger partial charge on any atom is 0.329 e. The number of ether oxygens (including phenoxy) is 1. The lowest BCUT2D eigenvalue weighted by Crippen LogP contribution is -2.46. The number of carbonyl (C=O) groups is 4. The number of rotatable bonds is 6. The molecule has 180 valence electrons. The number of fused-ring (bicyclic) bond motifs is 2. The number of methoxy groups -OCH3 is 1. The SMILES string of the molecule is COC(=O)[C@H](Cc1c[nH]c2cc(C#CCCC(=O)O)ccc12)N1C(=O)c2ccccc2C1=O.NO. The number of nitrogens with zero attached hydrogens (tertiary/aromatic N) is 1. The molecule has 5 N–H and O–H groups in total. The van der Waals surface area contributed by atoms with Crippen molar-refractivity contribution in [1.82, 2.24) is 9.88 Å². The zero-order chi connectivity index (χ0) is 25.5. The Labute approximate surface area is 200 Å². The minimum atomic E-state index is -1.11. The molecule has 0 aliphatic carbocycles. The van der Waals surface area contributed by atoms with Gasteiger partial charge in [0.25, 0.3) is 11.8 Å². The number of nitrogens with one attached hydrogen (secondary N) is 1. The molecule has 0 spiro atoms. The van der Waals surface area contributed by atoms with Gasteiger partial charge in [0.1, 0.15) is 6.04 Å². The summed E-state index contributed by atoms with van der Waals surface area (Å²) >= 11 is 0. The smallest absolute Gasteiger partial charge is 0.329 e. The van der Waals surface area contributed by atoms with Gasteiger partial charge in [0.15, 0.2) is 0 Å². The summed E-state index contributed by atoms with van der Waals surface area (Å²) in [7, 11) is 1.22. The Morgan fingerprint density at radius 1 is 1.11 bits per heavy atom. The second-order valence-electron chi connectivity index (χ2n) is 7.54. The number of aromatic nitrogens is 1. The molecule has 10 heteroatoms. The van der Waals surface area contributed by atoms with Crippen LogP contribution in [0.5, 0.6) is 0 Å². The van der Waals surface area contributed by atoms with Crippen molar-refractivity contribution in [2.24, 2.45) is 5.90 Å². The number of benzene rings is 2. The van der Waals surface area contributed by atoms with Crippen LogP contribution in [0.4, 0.5) is 0 Å². The summed E-state index contributed by atoms with van der Waals surface area (Å²) < 4.78 is 4.92. The Morgan fingerprint density at radius 3 is 2.37 bits per heavy atom. The molecule has 1 aliphatic heterocycles. The van der Waals surface area contributed by atoms with E-state index in [-0.39, 0.29) is 30.4 Å². The fourth-order valence-corrected chi connectivity index (χ4v) is 3.88. The van der Waals surface area contributed by atoms with Gasteiger partial charge in [0.2, 0.25) is 0 Å². The van der Waals surface area contributed by atoms with Crippen LogP contribution in [-0.4, -0.2) is 57.1 Å². The lowest BCUT2D eigenvalue weighted by Gasteiger charge is -2.23. The van der Waals surface area contributed by atoms with Crippen LogP contribution in [0, 0.1) is 11.8 Å². The van der Waals surface area contributed by atoms with Gasteiger partial charge in [0, 0.05) is 35.5 Å². The van der Waals surface area contributed by atoms with Gasteiger partial charge in [-0.1, -0.05) is 30.0 Å². The molecule has 10 nitrogen and oxygen atoms in total. The summed E-state index contributed by atoms with van der Waals surface area (Å²) in [5.74, 6) is 6.63. The Balaban J connectivity index is 0.00000167. The summed E-state index contributed by atoms with van der Waals surface area (Å²) in [4.78, 5) is 53.1. The van der Waals surface area contributed by atoms with E-state index in [0.717, 1.165) is 21.4 Å². The number of esters is 1. The fraction of sp³-hybridized carbons (Fsp3) is 0.200. The molecular weight excluding hydrogens is 454 g/mol. The van der Waals surface area contributed by atoms with Gasteiger partial charge in [-0.3, -0.25) is 19.3 Å². The van der Waals surface area contributed by atoms with Crippen LogP contribution >= 0.6 is 0 Å². The monoisotopic (exact) mass is 477 g/mol. The van der Waals surface area contributed by atoms with Crippen molar-refractivity contribution in [1.29, 1.82) is 0 Å². The Morgan fingerprint density at radius 2 is 1.77 bits per heavy atom. The number of amides is 2. The zero-order valence-electron chi connectivity index (χ0n) is 18.8. The first kappa shape index (κ1) is 25.2. The molecule has 1 atom stereocenters. The largest absolute Gasteiger partial charge is 0.481 e. The summed E-state index contributed by atoms with van der Waals surface area (Å²) in [5, 5.41) is 16.0. The maximum atomic E-state index is 12.9. The number of aliphatic carboxylic acids is 1. The molecule has 0 saturated carbocycles. The first-order chi connectivity index (χ1) is 16.9. The lowest BCUT2D eigenvalue weighted by molar-refractivity contribution is -0.145. The molecule has 2 heterocycles. The molecule has 0 radical (unpaired) electrons. The highest BCUT2D eigenvalue weighted by Gasteiger charge is 2.43. The van der Waals surface area contributed by atoms with Crippen LogP contribution in [-0.2, 0) is 20.7 Å². The number of carboxylic acid groups (broad SMARTS) is 1. The number of hydrogen-bond acceptors (Lipinski definition) is 7. The van der Waals surface area contributed by atoms with Crippen molar-refractivity contribution in [3.63, 3.8) is 0 Å². The Bertz CT molecular complexity index is 1310. The highest BCUT2D eigenvalue weighted by Crippen LogP contribution is 2.28. The Kier molecular flexibility index (Phi) is 7.99. The van der Waals surface area contributed by atoms with E-state index in [4.69, 9.17) is 15.1 Å². The number of H-pyrrole nitrogens is 1. The van der Waals surface area contributed by atoms with Gasteiger partial charge in [-0.15, -0.1) is 0 Å². The summed E-state index contributed by atoms with van der Waals surface area (Å²) in [6.45, 7) is 0. The van der Waals surface area contributed by atoms with Crippen molar-refractivity contribution in [2.45, 2.75) is 25.3 Å². The van der Waals surface area contributed by atoms with Gasteiger partial charge < -0.3 is 20.0 Å². The van der Waals surface area contributed by atoms with Crippen molar-refractivity contribution < 1.29 is 34.2 Å². The minimum Gasteiger partial charge on any atom is -0.481 e. The second-order valence-corrected chi connectivity index (χ2v) is 7.54. The first-order valence-electron chi connectivity index (χ1n) is 10.5. The molecule has 0 saturated heterocycles. The molecule has 0 bridgehead atoms. The third-order valence-electron chi connectivity index (χ3n) is 5.49. The van der Waals surface area contributed by atoms with E-state index >= 15 is 0 Å². The van der Waals surface area contributed by atoms with Gasteiger partial charge in [-0.2, -0.15) is 0 Å². The van der Waals surface area contributed by atoms with Crippen molar-refractivity contribution in [3.05, 3.63) is 70.9 Å². The number of carboxylic acids is 1. The predicted molar refractivity (Wildman–Crippen MR) is 124 cm³/mol. The second kappa shape index (κ2) is 11.1. The minimum absolute atomic E-state index is 0.0192. The van der Waals surface area contributed by atoms with Gasteiger partial charge in [-0.25, -0.2) is 10.7 Å². The molecule has 35 heavy (non-hydrogen) atoms. The van der Waals surface area contributed by atoms with Crippen LogP contribution in [0.2, 0.25) is 0 Å². The van der Waals surface area contributed by atoms with Gasteiger partial charge >= 0.3 is 11.9 Å². The molecule has 2 amide bonds. The summed E-state index contributed by atoms with van der Waals surface area (Å²) in [5.41, 5.74) is 2.75. The van der Waals surface area contributed by atoms with Crippen LogP contribution in [0.3, 0.4) is 0 Å². The van der Waals surface area contributed by atoms with Gasteiger partial charge in [0.05, 0.1) is 24.7 Å². The average molecular weight is 477 g/mol. The number of nitrogens with two attached hydrogens (primary N) is 1. The standard InChI is InChI=1S/C25H20N2O6.H3NO/c1-33-25(32)21(27-23(30)18-7-3-4-8-19(18)24(27)31)13-16-14-26-20-12-15(10-11-17(16)20)6-2-5-9-22(28)29;1-2/h3-4,7-8,10-12,14,21,26H,5,9,13H2,1H3,(H,28,29);2H,1H2/t21-;/m0./s1. The van der Waals surface area contributed by atoms with Crippen LogP contribution in [0.25, 0.3) is 10.9 Å².